The molecule has 0 radical (unpaired) electrons. The van der Waals surface area contributed by atoms with Crippen LogP contribution in [0.3, 0.4) is 0 Å². The zero-order valence-corrected chi connectivity index (χ0v) is 20.2. The van der Waals surface area contributed by atoms with Crippen LogP contribution >= 0.6 is 0 Å². The monoisotopic (exact) mass is 487 g/mol. The number of hydrogen-bond acceptors (Lipinski definition) is 6. The zero-order valence-electron chi connectivity index (χ0n) is 20.2. The number of aryl methyl sites for hydroxylation is 2. The number of carbonyl (C=O) groups is 2. The van der Waals surface area contributed by atoms with Gasteiger partial charge < -0.3 is 4.42 Å². The molecule has 2 amide bonds. The Morgan fingerprint density at radius 1 is 0.944 bits per heavy atom. The van der Waals surface area contributed by atoms with Crippen LogP contribution in [0.2, 0.25) is 0 Å². The van der Waals surface area contributed by atoms with Gasteiger partial charge in [-0.25, -0.2) is 9.67 Å². The highest BCUT2D eigenvalue weighted by Gasteiger charge is 2.17. The van der Waals surface area contributed by atoms with Gasteiger partial charge in [0.1, 0.15) is 0 Å². The number of hydrazine groups is 1. The van der Waals surface area contributed by atoms with Gasteiger partial charge in [-0.1, -0.05) is 68.3 Å². The summed E-state index contributed by atoms with van der Waals surface area (Å²) in [5.41, 5.74) is 5.66. The summed E-state index contributed by atoms with van der Waals surface area (Å²) in [7, 11) is 0. The van der Waals surface area contributed by atoms with Crippen LogP contribution in [0.15, 0.2) is 70.0 Å². The second kappa shape index (κ2) is 11.9. The third-order valence-electron chi connectivity index (χ3n) is 5.78. The normalized spacial score (nSPS) is 10.9. The second-order valence-electron chi connectivity index (χ2n) is 8.47. The van der Waals surface area contributed by atoms with Crippen LogP contribution < -0.4 is 16.4 Å². The Kier molecular flexibility index (Phi) is 8.23. The second-order valence-corrected chi connectivity index (χ2v) is 8.47. The first-order chi connectivity index (χ1) is 17.6. The maximum Gasteiger partial charge on any atom is 0.290 e. The van der Waals surface area contributed by atoms with Gasteiger partial charge in [-0.15, -0.1) is 0 Å². The summed E-state index contributed by atoms with van der Waals surface area (Å²) in [5, 5.41) is 5.16. The van der Waals surface area contributed by atoms with E-state index >= 15 is 0 Å². The van der Waals surface area contributed by atoms with Crippen LogP contribution in [0.4, 0.5) is 0 Å². The molecule has 0 fully saturated rings. The first kappa shape index (κ1) is 24.8. The van der Waals surface area contributed by atoms with Crippen LogP contribution in [-0.2, 0) is 17.8 Å². The molecule has 4 aromatic rings. The minimum absolute atomic E-state index is 0.0928. The third-order valence-corrected chi connectivity index (χ3v) is 5.78. The molecule has 2 aromatic heterocycles. The number of benzene rings is 2. The van der Waals surface area contributed by atoms with Crippen molar-refractivity contribution in [3.05, 3.63) is 82.7 Å². The van der Waals surface area contributed by atoms with Crippen molar-refractivity contribution in [3.8, 4) is 11.3 Å². The molecule has 2 aromatic carbocycles. The molecule has 4 rings (SSSR count). The molecule has 0 unspecified atom stereocenters. The number of rotatable bonds is 10. The predicted octanol–water partition coefficient (Wildman–Crippen LogP) is 4.03. The van der Waals surface area contributed by atoms with E-state index < -0.39 is 5.91 Å². The van der Waals surface area contributed by atoms with Gasteiger partial charge in [0.2, 0.25) is 5.91 Å². The predicted molar refractivity (Wildman–Crippen MR) is 136 cm³/mol. The number of hydrogen-bond donors (Lipinski definition) is 2. The van der Waals surface area contributed by atoms with Crippen LogP contribution in [0.25, 0.3) is 22.1 Å². The molecule has 0 saturated carbocycles. The number of oxazole rings is 1. The Morgan fingerprint density at radius 2 is 1.69 bits per heavy atom. The van der Waals surface area contributed by atoms with Gasteiger partial charge in [-0.05, 0) is 18.9 Å². The van der Waals surface area contributed by atoms with Crippen molar-refractivity contribution in [1.82, 2.24) is 25.6 Å². The summed E-state index contributed by atoms with van der Waals surface area (Å²) in [6.45, 7) is 2.50. The summed E-state index contributed by atoms with van der Waals surface area (Å²) in [5.74, 6) is 0.299. The van der Waals surface area contributed by atoms with Crippen molar-refractivity contribution in [1.29, 1.82) is 0 Å². The highest BCUT2D eigenvalue weighted by atomic mass is 16.4. The van der Waals surface area contributed by atoms with E-state index in [1.54, 1.807) is 30.5 Å². The van der Waals surface area contributed by atoms with Crippen LogP contribution in [0.5, 0.6) is 0 Å². The lowest BCUT2D eigenvalue weighted by Gasteiger charge is -2.12. The minimum atomic E-state index is -0.580. The highest BCUT2D eigenvalue weighted by molar-refractivity contribution is 6.05. The molecular formula is C27H29N5O4. The fourth-order valence-electron chi connectivity index (χ4n) is 3.88. The fourth-order valence-corrected chi connectivity index (χ4v) is 3.88. The van der Waals surface area contributed by atoms with Gasteiger partial charge in [0.15, 0.2) is 17.3 Å². The van der Waals surface area contributed by atoms with Crippen molar-refractivity contribution < 1.29 is 14.0 Å². The van der Waals surface area contributed by atoms with Gasteiger partial charge in [-0.2, -0.15) is 5.10 Å². The van der Waals surface area contributed by atoms with Gasteiger partial charge in [-0.3, -0.25) is 25.2 Å². The lowest BCUT2D eigenvalue weighted by molar-refractivity contribution is -0.121. The Morgan fingerprint density at radius 3 is 2.47 bits per heavy atom. The van der Waals surface area contributed by atoms with Crippen molar-refractivity contribution in [2.24, 2.45) is 0 Å². The number of nitrogens with one attached hydrogen (secondary N) is 2. The SMILES string of the molecule is CCCCCn1nc(C(=O)NNC(=O)CCCc2ncc(-c3ccccc3)o2)c2ccccc2c1=O. The summed E-state index contributed by atoms with van der Waals surface area (Å²) in [6, 6.07) is 16.5. The van der Waals surface area contributed by atoms with E-state index in [1.165, 1.54) is 4.68 Å². The maximum atomic E-state index is 12.9. The molecule has 36 heavy (non-hydrogen) atoms. The Labute approximate surface area is 208 Å². The van der Waals surface area contributed by atoms with E-state index in [9.17, 15) is 14.4 Å². The van der Waals surface area contributed by atoms with E-state index in [1.807, 2.05) is 30.3 Å². The lowest BCUT2D eigenvalue weighted by atomic mass is 10.1. The van der Waals surface area contributed by atoms with Gasteiger partial charge in [0.25, 0.3) is 11.5 Å². The molecule has 0 aliphatic carbocycles. The number of unbranched alkanes of at least 4 members (excludes halogenated alkanes) is 2. The minimum Gasteiger partial charge on any atom is -0.441 e. The molecule has 0 aliphatic heterocycles. The quantitative estimate of drug-likeness (QED) is 0.258. The van der Waals surface area contributed by atoms with Crippen molar-refractivity contribution in [2.45, 2.75) is 52.0 Å². The first-order valence-corrected chi connectivity index (χ1v) is 12.2. The first-order valence-electron chi connectivity index (χ1n) is 12.2. The van der Waals surface area contributed by atoms with E-state index in [0.717, 1.165) is 24.8 Å². The maximum absolute atomic E-state index is 12.9. The number of fused-ring (bicyclic) bond motifs is 1. The summed E-state index contributed by atoms with van der Waals surface area (Å²) >= 11 is 0. The Hall–Kier alpha value is -4.27. The average Bonchev–Trinajstić information content (AvgIpc) is 3.38. The largest absolute Gasteiger partial charge is 0.441 e. The lowest BCUT2D eigenvalue weighted by Crippen LogP contribution is -2.42. The molecule has 0 aliphatic rings. The molecular weight excluding hydrogens is 458 g/mol. The molecule has 186 valence electrons. The van der Waals surface area contributed by atoms with E-state index in [-0.39, 0.29) is 23.6 Å². The number of carbonyl (C=O) groups excluding carboxylic acids is 2. The van der Waals surface area contributed by atoms with Crippen molar-refractivity contribution in [3.63, 3.8) is 0 Å². The van der Waals surface area contributed by atoms with Crippen molar-refractivity contribution in [2.75, 3.05) is 0 Å². The summed E-state index contributed by atoms with van der Waals surface area (Å²) < 4.78 is 7.08. The molecule has 2 N–H and O–H groups in total. The standard InChI is InChI=1S/C27H29N5O4/c1-2-3-9-17-32-27(35)21-14-8-7-13-20(21)25(31-32)26(34)30-29-23(33)15-10-16-24-28-18-22(36-24)19-11-5-4-6-12-19/h4-8,11-14,18H,2-3,9-10,15-17H2,1H3,(H,29,33)(H,30,34). The van der Waals surface area contributed by atoms with Crippen LogP contribution in [0, 0.1) is 0 Å². The topological polar surface area (TPSA) is 119 Å². The molecule has 0 bridgehead atoms. The summed E-state index contributed by atoms with van der Waals surface area (Å²) in [6.07, 6.45) is 5.59. The van der Waals surface area contributed by atoms with Crippen LogP contribution in [-0.4, -0.2) is 26.6 Å². The highest BCUT2D eigenvalue weighted by Crippen LogP contribution is 2.20. The van der Waals surface area contributed by atoms with Gasteiger partial charge in [0.05, 0.1) is 11.6 Å². The molecule has 9 heteroatoms. The van der Waals surface area contributed by atoms with Crippen LogP contribution in [0.1, 0.15) is 55.4 Å². The van der Waals surface area contributed by atoms with E-state index in [2.05, 4.69) is 27.9 Å². The van der Waals surface area contributed by atoms with E-state index in [0.29, 0.717) is 41.8 Å². The Bertz CT molecular complexity index is 1390. The molecule has 0 saturated heterocycles. The number of aromatic nitrogens is 3. The number of nitrogens with zero attached hydrogens (tertiary/aromatic N) is 3. The molecule has 9 nitrogen and oxygen atoms in total. The summed E-state index contributed by atoms with van der Waals surface area (Å²) in [4.78, 5) is 42.2. The van der Waals surface area contributed by atoms with E-state index in [4.69, 9.17) is 4.42 Å². The molecule has 0 spiro atoms. The van der Waals surface area contributed by atoms with Crippen molar-refractivity contribution >= 4 is 22.6 Å². The molecule has 0 atom stereocenters. The smallest absolute Gasteiger partial charge is 0.290 e. The average molecular weight is 488 g/mol. The number of amides is 2. The van der Waals surface area contributed by atoms with Gasteiger partial charge >= 0.3 is 0 Å². The zero-order chi connectivity index (χ0) is 25.3. The fraction of sp³-hybridized carbons (Fsp3) is 0.296. The van der Waals surface area contributed by atoms with Gasteiger partial charge in [0, 0.05) is 30.3 Å². The third kappa shape index (κ3) is 6.04. The Balaban J connectivity index is 1.33. The molecule has 2 heterocycles.